The number of hydrogen-bond donors (Lipinski definition) is 1. The zero-order valence-corrected chi connectivity index (χ0v) is 12.8. The lowest BCUT2D eigenvalue weighted by atomic mass is 10.1. The predicted molar refractivity (Wildman–Crippen MR) is 80.3 cm³/mol. The van der Waals surface area contributed by atoms with Gasteiger partial charge in [-0.1, -0.05) is 12.1 Å². The Bertz CT molecular complexity index is 662. The smallest absolute Gasteiger partial charge is 0.416 e. The van der Waals surface area contributed by atoms with E-state index in [-0.39, 0.29) is 6.61 Å². The number of benzene rings is 1. The van der Waals surface area contributed by atoms with Crippen LogP contribution in [0.25, 0.3) is 10.4 Å². The van der Waals surface area contributed by atoms with Crippen molar-refractivity contribution in [1.29, 1.82) is 0 Å². The molecule has 0 radical (unpaired) electrons. The molecule has 1 heterocycles. The molecule has 0 unspecified atom stereocenters. The van der Waals surface area contributed by atoms with E-state index in [1.165, 1.54) is 23.5 Å². The molecule has 0 fully saturated rings. The van der Waals surface area contributed by atoms with Crippen molar-refractivity contribution in [3.05, 3.63) is 41.5 Å². The Morgan fingerprint density at radius 1 is 1.27 bits per heavy atom. The van der Waals surface area contributed by atoms with Crippen LogP contribution >= 0.6 is 11.3 Å². The largest absolute Gasteiger partial charge is 0.462 e. The summed E-state index contributed by atoms with van der Waals surface area (Å²) < 4.78 is 42.7. The molecule has 0 spiro atoms. The predicted octanol–water partition coefficient (Wildman–Crippen LogP) is 4.65. The number of anilines is 1. The summed E-state index contributed by atoms with van der Waals surface area (Å²) in [5, 5.41) is 3.52. The molecule has 3 nitrogen and oxygen atoms in total. The molecule has 0 aliphatic carbocycles. The van der Waals surface area contributed by atoms with Crippen LogP contribution in [0.15, 0.2) is 30.3 Å². The number of halogens is 3. The van der Waals surface area contributed by atoms with E-state index in [2.05, 4.69) is 5.32 Å². The Labute approximate surface area is 129 Å². The molecule has 0 amide bonds. The summed E-state index contributed by atoms with van der Waals surface area (Å²) >= 11 is 1.29. The summed E-state index contributed by atoms with van der Waals surface area (Å²) in [5.41, 5.74) is 0.293. The fraction of sp³-hybridized carbons (Fsp3) is 0.267. The van der Waals surface area contributed by atoms with E-state index in [1.54, 1.807) is 20.0 Å². The average Bonchev–Trinajstić information content (AvgIpc) is 2.91. The highest BCUT2D eigenvalue weighted by Gasteiger charge is 2.30. The molecule has 0 saturated carbocycles. The van der Waals surface area contributed by atoms with Crippen LogP contribution in [-0.4, -0.2) is 19.6 Å². The van der Waals surface area contributed by atoms with Gasteiger partial charge in [0.1, 0.15) is 5.00 Å². The molecule has 118 valence electrons. The number of alkyl halides is 3. The SMILES string of the molecule is CCOC(=O)c1cc(-c2ccc(C(F)(F)F)cc2)sc1NC. The molecular weight excluding hydrogens is 315 g/mol. The van der Waals surface area contributed by atoms with Gasteiger partial charge in [0.2, 0.25) is 0 Å². The number of rotatable bonds is 4. The van der Waals surface area contributed by atoms with Crippen LogP contribution in [-0.2, 0) is 10.9 Å². The van der Waals surface area contributed by atoms with Crippen molar-refractivity contribution < 1.29 is 22.7 Å². The van der Waals surface area contributed by atoms with Gasteiger partial charge in [0, 0.05) is 11.9 Å². The quantitative estimate of drug-likeness (QED) is 0.830. The first-order valence-electron chi connectivity index (χ1n) is 6.53. The number of hydrogen-bond acceptors (Lipinski definition) is 4. The van der Waals surface area contributed by atoms with E-state index in [4.69, 9.17) is 4.74 Å². The summed E-state index contributed by atoms with van der Waals surface area (Å²) in [7, 11) is 1.67. The number of esters is 1. The Morgan fingerprint density at radius 2 is 1.91 bits per heavy atom. The van der Waals surface area contributed by atoms with Crippen LogP contribution in [0.2, 0.25) is 0 Å². The van der Waals surface area contributed by atoms with Crippen LogP contribution in [0.1, 0.15) is 22.8 Å². The van der Waals surface area contributed by atoms with Gasteiger partial charge in [0.05, 0.1) is 17.7 Å². The number of thiophene rings is 1. The molecule has 7 heteroatoms. The highest BCUT2D eigenvalue weighted by Crippen LogP contribution is 2.37. The number of ether oxygens (including phenoxy) is 1. The Hall–Kier alpha value is -2.02. The van der Waals surface area contributed by atoms with Gasteiger partial charge in [-0.2, -0.15) is 13.2 Å². The molecular formula is C15H14F3NO2S. The number of carbonyl (C=O) groups excluding carboxylic acids is 1. The van der Waals surface area contributed by atoms with Gasteiger partial charge in [-0.15, -0.1) is 11.3 Å². The minimum absolute atomic E-state index is 0.257. The van der Waals surface area contributed by atoms with Gasteiger partial charge in [-0.25, -0.2) is 4.79 Å². The van der Waals surface area contributed by atoms with Gasteiger partial charge in [0.15, 0.2) is 0 Å². The average molecular weight is 329 g/mol. The van der Waals surface area contributed by atoms with E-state index >= 15 is 0 Å². The van der Waals surface area contributed by atoms with E-state index in [0.29, 0.717) is 21.0 Å². The van der Waals surface area contributed by atoms with Crippen molar-refractivity contribution in [1.82, 2.24) is 0 Å². The highest BCUT2D eigenvalue weighted by molar-refractivity contribution is 7.19. The third-order valence-corrected chi connectivity index (χ3v) is 4.15. The van der Waals surface area contributed by atoms with Gasteiger partial charge in [-0.05, 0) is 30.7 Å². The molecule has 0 bridgehead atoms. The lowest BCUT2D eigenvalue weighted by molar-refractivity contribution is -0.137. The molecule has 2 aromatic rings. The lowest BCUT2D eigenvalue weighted by Gasteiger charge is -2.06. The lowest BCUT2D eigenvalue weighted by Crippen LogP contribution is -2.05. The molecule has 1 N–H and O–H groups in total. The second kappa shape index (κ2) is 6.39. The van der Waals surface area contributed by atoms with E-state index in [1.807, 2.05) is 0 Å². The molecule has 1 aromatic heterocycles. The first-order chi connectivity index (χ1) is 10.4. The first kappa shape index (κ1) is 16.4. The monoisotopic (exact) mass is 329 g/mol. The van der Waals surface area contributed by atoms with Gasteiger partial charge < -0.3 is 10.1 Å². The Morgan fingerprint density at radius 3 is 2.41 bits per heavy atom. The Kier molecular flexibility index (Phi) is 4.75. The van der Waals surface area contributed by atoms with Gasteiger partial charge in [-0.3, -0.25) is 0 Å². The minimum Gasteiger partial charge on any atom is -0.462 e. The van der Waals surface area contributed by atoms with E-state index < -0.39 is 17.7 Å². The van der Waals surface area contributed by atoms with Gasteiger partial charge in [0.25, 0.3) is 0 Å². The van der Waals surface area contributed by atoms with Gasteiger partial charge >= 0.3 is 12.1 Å². The number of nitrogens with one attached hydrogen (secondary N) is 1. The summed E-state index contributed by atoms with van der Waals surface area (Å²) in [4.78, 5) is 12.5. The summed E-state index contributed by atoms with van der Waals surface area (Å²) in [5.74, 6) is -0.457. The normalized spacial score (nSPS) is 11.3. The molecule has 22 heavy (non-hydrogen) atoms. The zero-order valence-electron chi connectivity index (χ0n) is 12.0. The molecule has 1 aromatic carbocycles. The Balaban J connectivity index is 2.35. The van der Waals surface area contributed by atoms with Crippen LogP contribution in [0.4, 0.5) is 18.2 Å². The third-order valence-electron chi connectivity index (χ3n) is 2.95. The van der Waals surface area contributed by atoms with Crippen LogP contribution in [0, 0.1) is 0 Å². The third kappa shape index (κ3) is 3.41. The zero-order chi connectivity index (χ0) is 16.3. The van der Waals surface area contributed by atoms with Crippen molar-refractivity contribution in [3.8, 4) is 10.4 Å². The van der Waals surface area contributed by atoms with Crippen molar-refractivity contribution in [2.24, 2.45) is 0 Å². The fourth-order valence-corrected chi connectivity index (χ4v) is 2.91. The first-order valence-corrected chi connectivity index (χ1v) is 7.34. The van der Waals surface area contributed by atoms with Crippen molar-refractivity contribution in [2.75, 3.05) is 19.0 Å². The topological polar surface area (TPSA) is 38.3 Å². The standard InChI is InChI=1S/C15H14F3NO2S/c1-3-21-14(20)11-8-12(22-13(11)19-2)9-4-6-10(7-5-9)15(16,17)18/h4-8,19H,3H2,1-2H3. The number of carbonyl (C=O) groups is 1. The minimum atomic E-state index is -4.36. The highest BCUT2D eigenvalue weighted by atomic mass is 32.1. The maximum absolute atomic E-state index is 12.6. The second-order valence-corrected chi connectivity index (χ2v) is 5.45. The summed E-state index contributed by atoms with van der Waals surface area (Å²) in [6, 6.07) is 6.46. The molecule has 0 aliphatic heterocycles. The molecule has 2 rings (SSSR count). The molecule has 0 aliphatic rings. The van der Waals surface area contributed by atoms with Crippen LogP contribution in [0.3, 0.4) is 0 Å². The maximum atomic E-state index is 12.6. The second-order valence-electron chi connectivity index (χ2n) is 4.40. The van der Waals surface area contributed by atoms with Crippen LogP contribution < -0.4 is 5.32 Å². The van der Waals surface area contributed by atoms with Crippen LogP contribution in [0.5, 0.6) is 0 Å². The summed E-state index contributed by atoms with van der Waals surface area (Å²) in [6.45, 7) is 1.97. The van der Waals surface area contributed by atoms with Crippen molar-refractivity contribution in [2.45, 2.75) is 13.1 Å². The summed E-state index contributed by atoms with van der Waals surface area (Å²) in [6.07, 6.45) is -4.36. The maximum Gasteiger partial charge on any atom is 0.416 e. The molecule has 0 atom stereocenters. The van der Waals surface area contributed by atoms with Crippen molar-refractivity contribution >= 4 is 22.3 Å². The van der Waals surface area contributed by atoms with E-state index in [0.717, 1.165) is 12.1 Å². The van der Waals surface area contributed by atoms with E-state index in [9.17, 15) is 18.0 Å². The molecule has 0 saturated heterocycles. The van der Waals surface area contributed by atoms with Crippen molar-refractivity contribution in [3.63, 3.8) is 0 Å². The fourth-order valence-electron chi connectivity index (χ4n) is 1.90.